The Morgan fingerprint density at radius 3 is 2.74 bits per heavy atom. The standard InChI is InChI=1S/C13H22N2O4/c1-12(2)7-14-13(3)5-4-10(17)15(13)9(12)6-8(16)11(18)19/h8-9,14,16H,4-7H2,1-3H3,(H,18,19)/t8-,9?,13?/m1/s1. The number of nitrogens with zero attached hydrogens (tertiary/aromatic N) is 1. The molecule has 0 aromatic carbocycles. The van der Waals surface area contributed by atoms with E-state index in [-0.39, 0.29) is 23.8 Å². The van der Waals surface area contributed by atoms with Crippen molar-refractivity contribution in [1.82, 2.24) is 10.2 Å². The molecule has 0 saturated carbocycles. The molecule has 2 saturated heterocycles. The van der Waals surface area contributed by atoms with Crippen LogP contribution in [0.1, 0.15) is 40.0 Å². The lowest BCUT2D eigenvalue weighted by atomic mass is 9.77. The highest BCUT2D eigenvalue weighted by Crippen LogP contribution is 2.42. The minimum Gasteiger partial charge on any atom is -0.479 e. The first-order valence-electron chi connectivity index (χ1n) is 6.65. The van der Waals surface area contributed by atoms with E-state index in [1.165, 1.54) is 0 Å². The summed E-state index contributed by atoms with van der Waals surface area (Å²) in [5, 5.41) is 21.9. The molecular formula is C13H22N2O4. The molecule has 2 aliphatic heterocycles. The second kappa shape index (κ2) is 4.45. The van der Waals surface area contributed by atoms with E-state index in [1.54, 1.807) is 4.90 Å². The fourth-order valence-corrected chi connectivity index (χ4v) is 3.18. The van der Waals surface area contributed by atoms with E-state index in [0.29, 0.717) is 13.0 Å². The molecule has 6 nitrogen and oxygen atoms in total. The summed E-state index contributed by atoms with van der Waals surface area (Å²) in [6.45, 7) is 6.65. The average Bonchev–Trinajstić information content (AvgIpc) is 2.60. The number of carboxylic acid groups (broad SMARTS) is 1. The molecule has 3 atom stereocenters. The molecule has 6 heteroatoms. The second-order valence-corrected chi connectivity index (χ2v) is 6.49. The Kier molecular flexibility index (Phi) is 3.35. The summed E-state index contributed by atoms with van der Waals surface area (Å²) < 4.78 is 0. The molecule has 2 fully saturated rings. The molecule has 3 N–H and O–H groups in total. The molecule has 0 aromatic heterocycles. The minimum atomic E-state index is -1.43. The molecule has 0 aromatic rings. The van der Waals surface area contributed by atoms with E-state index in [0.717, 1.165) is 6.42 Å². The predicted octanol–water partition coefficient (Wildman–Crippen LogP) is 0.159. The quantitative estimate of drug-likeness (QED) is 0.679. The Balaban J connectivity index is 2.29. The van der Waals surface area contributed by atoms with Gasteiger partial charge in [0.1, 0.15) is 0 Å². The van der Waals surface area contributed by atoms with Crippen molar-refractivity contribution in [2.24, 2.45) is 5.41 Å². The normalized spacial score (nSPS) is 35.1. The van der Waals surface area contributed by atoms with Crippen molar-refractivity contribution >= 4 is 11.9 Å². The zero-order chi connectivity index (χ0) is 14.4. The number of aliphatic carboxylic acids is 1. The first kappa shape index (κ1) is 14.3. The summed E-state index contributed by atoms with van der Waals surface area (Å²) >= 11 is 0. The van der Waals surface area contributed by atoms with Gasteiger partial charge in [0.15, 0.2) is 6.10 Å². The van der Waals surface area contributed by atoms with E-state index in [4.69, 9.17) is 5.11 Å². The molecule has 0 spiro atoms. The highest BCUT2D eigenvalue weighted by Gasteiger charge is 2.53. The van der Waals surface area contributed by atoms with Gasteiger partial charge in [0.2, 0.25) is 5.91 Å². The van der Waals surface area contributed by atoms with Gasteiger partial charge in [-0.1, -0.05) is 13.8 Å². The number of rotatable bonds is 3. The molecule has 108 valence electrons. The Hall–Kier alpha value is -1.14. The molecule has 2 unspecified atom stereocenters. The van der Waals surface area contributed by atoms with Gasteiger partial charge in [-0.05, 0) is 18.8 Å². The lowest BCUT2D eigenvalue weighted by molar-refractivity contribution is -0.155. The Bertz CT molecular complexity index is 409. The van der Waals surface area contributed by atoms with Crippen LogP contribution in [-0.4, -0.2) is 51.3 Å². The summed E-state index contributed by atoms with van der Waals surface area (Å²) in [7, 11) is 0. The lowest BCUT2D eigenvalue weighted by Crippen LogP contribution is -2.69. The minimum absolute atomic E-state index is 0.0327. The number of nitrogens with one attached hydrogen (secondary N) is 1. The molecule has 2 aliphatic rings. The molecular weight excluding hydrogens is 248 g/mol. The summed E-state index contributed by atoms with van der Waals surface area (Å²) in [6.07, 6.45) is -0.161. The van der Waals surface area contributed by atoms with Gasteiger partial charge in [0.25, 0.3) is 0 Å². The van der Waals surface area contributed by atoms with Crippen molar-refractivity contribution in [3.05, 3.63) is 0 Å². The third-order valence-electron chi connectivity index (χ3n) is 4.50. The zero-order valence-electron chi connectivity index (χ0n) is 11.6. The molecule has 2 rings (SSSR count). The van der Waals surface area contributed by atoms with Crippen LogP contribution in [0, 0.1) is 5.41 Å². The number of aliphatic hydroxyl groups excluding tert-OH is 1. The van der Waals surface area contributed by atoms with Crippen LogP contribution in [0.15, 0.2) is 0 Å². The molecule has 1 amide bonds. The van der Waals surface area contributed by atoms with Gasteiger partial charge >= 0.3 is 5.97 Å². The zero-order valence-corrected chi connectivity index (χ0v) is 11.6. The van der Waals surface area contributed by atoms with Crippen LogP contribution in [0.2, 0.25) is 0 Å². The number of carbonyl (C=O) groups excluding carboxylic acids is 1. The summed E-state index contributed by atoms with van der Waals surface area (Å²) in [5.74, 6) is -1.20. The van der Waals surface area contributed by atoms with E-state index in [1.807, 2.05) is 20.8 Å². The first-order valence-corrected chi connectivity index (χ1v) is 6.65. The second-order valence-electron chi connectivity index (χ2n) is 6.49. The predicted molar refractivity (Wildman–Crippen MR) is 68.3 cm³/mol. The van der Waals surface area contributed by atoms with Gasteiger partial charge < -0.3 is 15.1 Å². The van der Waals surface area contributed by atoms with E-state index in [2.05, 4.69) is 5.32 Å². The smallest absolute Gasteiger partial charge is 0.332 e. The van der Waals surface area contributed by atoms with Gasteiger partial charge in [0, 0.05) is 25.4 Å². The van der Waals surface area contributed by atoms with Crippen molar-refractivity contribution in [3.8, 4) is 0 Å². The van der Waals surface area contributed by atoms with E-state index >= 15 is 0 Å². The van der Waals surface area contributed by atoms with E-state index < -0.39 is 17.7 Å². The summed E-state index contributed by atoms with van der Waals surface area (Å²) in [5.41, 5.74) is -0.675. The van der Waals surface area contributed by atoms with Crippen LogP contribution in [0.25, 0.3) is 0 Å². The fraction of sp³-hybridized carbons (Fsp3) is 0.846. The van der Waals surface area contributed by atoms with Crippen LogP contribution in [0.3, 0.4) is 0 Å². The largest absolute Gasteiger partial charge is 0.479 e. The van der Waals surface area contributed by atoms with Crippen molar-refractivity contribution < 1.29 is 19.8 Å². The number of carboxylic acids is 1. The number of hydrogen-bond acceptors (Lipinski definition) is 4. The number of carbonyl (C=O) groups is 2. The lowest BCUT2D eigenvalue weighted by Gasteiger charge is -2.54. The number of fused-ring (bicyclic) bond motifs is 1. The van der Waals surface area contributed by atoms with Gasteiger partial charge in [0.05, 0.1) is 5.66 Å². The topological polar surface area (TPSA) is 89.9 Å². The van der Waals surface area contributed by atoms with Gasteiger partial charge in [-0.2, -0.15) is 0 Å². The average molecular weight is 270 g/mol. The van der Waals surface area contributed by atoms with Crippen LogP contribution in [0.5, 0.6) is 0 Å². The van der Waals surface area contributed by atoms with Crippen LogP contribution >= 0.6 is 0 Å². The molecule has 0 aliphatic carbocycles. The fourth-order valence-electron chi connectivity index (χ4n) is 3.18. The maximum absolute atomic E-state index is 12.1. The molecule has 19 heavy (non-hydrogen) atoms. The third-order valence-corrected chi connectivity index (χ3v) is 4.50. The molecule has 2 heterocycles. The monoisotopic (exact) mass is 270 g/mol. The molecule has 0 bridgehead atoms. The number of hydrogen-bond donors (Lipinski definition) is 3. The van der Waals surface area contributed by atoms with Gasteiger partial charge in [-0.25, -0.2) is 4.79 Å². The van der Waals surface area contributed by atoms with Crippen molar-refractivity contribution in [2.45, 2.75) is 57.8 Å². The third kappa shape index (κ3) is 2.34. The van der Waals surface area contributed by atoms with Crippen molar-refractivity contribution in [3.63, 3.8) is 0 Å². The van der Waals surface area contributed by atoms with E-state index in [9.17, 15) is 14.7 Å². The van der Waals surface area contributed by atoms with Crippen LogP contribution in [0.4, 0.5) is 0 Å². The Morgan fingerprint density at radius 1 is 1.53 bits per heavy atom. The Labute approximate surface area is 112 Å². The van der Waals surface area contributed by atoms with Crippen LogP contribution in [-0.2, 0) is 9.59 Å². The maximum atomic E-state index is 12.1. The van der Waals surface area contributed by atoms with Crippen LogP contribution < -0.4 is 5.32 Å². The maximum Gasteiger partial charge on any atom is 0.332 e. The molecule has 0 radical (unpaired) electrons. The highest BCUT2D eigenvalue weighted by atomic mass is 16.4. The number of amides is 1. The van der Waals surface area contributed by atoms with Crippen molar-refractivity contribution in [2.75, 3.05) is 6.54 Å². The highest BCUT2D eigenvalue weighted by molar-refractivity contribution is 5.80. The SMILES string of the molecule is CC1(C)CNC2(C)CCC(=O)N2C1C[C@@H](O)C(=O)O. The summed E-state index contributed by atoms with van der Waals surface area (Å²) in [4.78, 5) is 24.7. The Morgan fingerprint density at radius 2 is 2.16 bits per heavy atom. The first-order chi connectivity index (χ1) is 8.67. The van der Waals surface area contributed by atoms with Crippen molar-refractivity contribution in [1.29, 1.82) is 0 Å². The van der Waals surface area contributed by atoms with Gasteiger partial charge in [-0.3, -0.25) is 10.1 Å². The number of aliphatic hydroxyl groups is 1. The van der Waals surface area contributed by atoms with Gasteiger partial charge in [-0.15, -0.1) is 0 Å². The summed E-state index contributed by atoms with van der Waals surface area (Å²) in [6, 6.07) is -0.264.